The average molecular weight is 240 g/mol. The van der Waals surface area contributed by atoms with Gasteiger partial charge in [0, 0.05) is 24.8 Å². The van der Waals surface area contributed by atoms with Crippen molar-refractivity contribution in [1.82, 2.24) is 14.9 Å². The zero-order valence-electron chi connectivity index (χ0n) is 10.2. The van der Waals surface area contributed by atoms with Crippen LogP contribution in [0.1, 0.15) is 23.3 Å². The molecule has 1 saturated carbocycles. The summed E-state index contributed by atoms with van der Waals surface area (Å²) in [5.74, 6) is 0.707. The second kappa shape index (κ2) is 4.29. The van der Waals surface area contributed by atoms with Crippen LogP contribution in [0.3, 0.4) is 0 Å². The van der Waals surface area contributed by atoms with Gasteiger partial charge in [0.25, 0.3) is 5.91 Å². The van der Waals surface area contributed by atoms with Crippen molar-refractivity contribution in [1.29, 1.82) is 0 Å². The van der Waals surface area contributed by atoms with E-state index in [4.69, 9.17) is 0 Å². The van der Waals surface area contributed by atoms with Crippen LogP contribution in [0.15, 0.2) is 30.5 Å². The van der Waals surface area contributed by atoms with E-state index in [0.717, 1.165) is 24.2 Å². The molecule has 3 rings (SSSR count). The third kappa shape index (κ3) is 2.01. The first kappa shape index (κ1) is 11.0. The third-order valence-corrected chi connectivity index (χ3v) is 3.20. The predicted octanol–water partition coefficient (Wildman–Crippen LogP) is 2.11. The largest absolute Gasteiger partial charge is 0.344 e. The summed E-state index contributed by atoms with van der Waals surface area (Å²) in [6, 6.07) is 10.8. The molecule has 1 heterocycles. The Labute approximate surface area is 106 Å². The van der Waals surface area contributed by atoms with Gasteiger partial charge in [-0.3, -0.25) is 4.79 Å². The number of imidazole rings is 1. The van der Waals surface area contributed by atoms with Crippen LogP contribution in [-0.2, 0) is 0 Å². The van der Waals surface area contributed by atoms with Gasteiger partial charge in [0.2, 0.25) is 0 Å². The summed E-state index contributed by atoms with van der Waals surface area (Å²) in [7, 11) is 1.84. The molecular weight excluding hydrogens is 226 g/mol. The lowest BCUT2D eigenvalue weighted by molar-refractivity contribution is 0.0780. The molecule has 0 bridgehead atoms. The summed E-state index contributed by atoms with van der Waals surface area (Å²) in [6.07, 6.45) is 3.88. The molecule has 91 valence electrons. The number of aromatic nitrogens is 2. The fourth-order valence-corrected chi connectivity index (χ4v) is 1.93. The second-order valence-corrected chi connectivity index (χ2v) is 4.57. The molecule has 1 aliphatic rings. The molecule has 0 aliphatic heterocycles. The molecule has 2 aromatic rings. The van der Waals surface area contributed by atoms with Gasteiger partial charge >= 0.3 is 0 Å². The number of aromatic amines is 1. The topological polar surface area (TPSA) is 49.0 Å². The number of nitrogens with zero attached hydrogens (tertiary/aromatic N) is 2. The Kier molecular flexibility index (Phi) is 2.63. The number of hydrogen-bond donors (Lipinski definition) is 1. The summed E-state index contributed by atoms with van der Waals surface area (Å²) in [5.41, 5.74) is 1.44. The first-order chi connectivity index (χ1) is 8.75. The van der Waals surface area contributed by atoms with E-state index >= 15 is 0 Å². The lowest BCUT2D eigenvalue weighted by Crippen LogP contribution is -2.28. The van der Waals surface area contributed by atoms with Gasteiger partial charge in [0.1, 0.15) is 11.5 Å². The molecule has 4 nitrogen and oxygen atoms in total. The van der Waals surface area contributed by atoms with Gasteiger partial charge in [-0.15, -0.1) is 0 Å². The molecule has 0 saturated heterocycles. The highest BCUT2D eigenvalue weighted by molar-refractivity contribution is 5.93. The average Bonchev–Trinajstić information content (AvgIpc) is 3.15. The first-order valence-electron chi connectivity index (χ1n) is 6.05. The van der Waals surface area contributed by atoms with Gasteiger partial charge in [0.05, 0.1) is 0 Å². The van der Waals surface area contributed by atoms with E-state index < -0.39 is 0 Å². The van der Waals surface area contributed by atoms with Gasteiger partial charge < -0.3 is 9.88 Å². The van der Waals surface area contributed by atoms with Gasteiger partial charge in [0.15, 0.2) is 0 Å². The van der Waals surface area contributed by atoms with Gasteiger partial charge in [-0.25, -0.2) is 4.98 Å². The molecule has 1 aromatic carbocycles. The molecule has 1 fully saturated rings. The fraction of sp³-hybridized carbons (Fsp3) is 0.286. The number of benzene rings is 1. The smallest absolute Gasteiger partial charge is 0.274 e. The quantitative estimate of drug-likeness (QED) is 0.893. The third-order valence-electron chi connectivity index (χ3n) is 3.20. The normalized spacial score (nSPS) is 14.5. The number of carbonyl (C=O) groups excluding carboxylic acids is 1. The molecule has 1 radical (unpaired) electrons. The molecule has 1 amide bonds. The van der Waals surface area contributed by atoms with Crippen molar-refractivity contribution in [3.05, 3.63) is 42.2 Å². The fourth-order valence-electron chi connectivity index (χ4n) is 1.93. The number of carbonyl (C=O) groups is 1. The van der Waals surface area contributed by atoms with Crippen LogP contribution < -0.4 is 0 Å². The summed E-state index contributed by atoms with van der Waals surface area (Å²) in [4.78, 5) is 21.3. The predicted molar refractivity (Wildman–Crippen MR) is 68.0 cm³/mol. The van der Waals surface area contributed by atoms with Crippen molar-refractivity contribution in [2.75, 3.05) is 7.05 Å². The number of nitrogens with one attached hydrogen (secondary N) is 1. The number of amides is 1. The Morgan fingerprint density at radius 3 is 2.83 bits per heavy atom. The van der Waals surface area contributed by atoms with Crippen LogP contribution in [0.5, 0.6) is 0 Å². The molecular formula is C14H14N3O. The first-order valence-corrected chi connectivity index (χ1v) is 6.05. The van der Waals surface area contributed by atoms with E-state index in [9.17, 15) is 4.79 Å². The van der Waals surface area contributed by atoms with E-state index in [1.165, 1.54) is 0 Å². The lowest BCUT2D eigenvalue weighted by Gasteiger charge is -2.13. The minimum absolute atomic E-state index is 0.0116. The Balaban J connectivity index is 1.83. The summed E-state index contributed by atoms with van der Waals surface area (Å²) >= 11 is 0. The Hall–Kier alpha value is -2.10. The standard InChI is InChI=1S/C14H14N3O/c1-17(11-7-8-11)14(18)12-9-15-13(16-12)10-5-3-2-4-6-10/h3-6,9,11H,7-8H2,1H3,(H,15,16). The van der Waals surface area contributed by atoms with E-state index in [-0.39, 0.29) is 5.91 Å². The minimum Gasteiger partial charge on any atom is -0.344 e. The zero-order valence-corrected chi connectivity index (χ0v) is 10.2. The van der Waals surface area contributed by atoms with Crippen molar-refractivity contribution in [3.63, 3.8) is 0 Å². The van der Waals surface area contributed by atoms with Gasteiger partial charge in [-0.2, -0.15) is 0 Å². The second-order valence-electron chi connectivity index (χ2n) is 4.57. The summed E-state index contributed by atoms with van der Waals surface area (Å²) in [6.45, 7) is 0. The van der Waals surface area contributed by atoms with Crippen LogP contribution in [-0.4, -0.2) is 33.9 Å². The lowest BCUT2D eigenvalue weighted by atomic mass is 10.2. The Morgan fingerprint density at radius 1 is 1.44 bits per heavy atom. The van der Waals surface area contributed by atoms with E-state index in [2.05, 4.69) is 16.0 Å². The summed E-state index contributed by atoms with van der Waals surface area (Å²) < 4.78 is 0. The van der Waals surface area contributed by atoms with E-state index in [1.807, 2.05) is 31.3 Å². The molecule has 1 N–H and O–H groups in total. The van der Waals surface area contributed by atoms with Crippen LogP contribution in [0.4, 0.5) is 0 Å². The van der Waals surface area contributed by atoms with E-state index in [0.29, 0.717) is 11.7 Å². The van der Waals surface area contributed by atoms with Crippen LogP contribution >= 0.6 is 0 Å². The van der Waals surface area contributed by atoms with Crippen molar-refractivity contribution in [3.8, 4) is 11.4 Å². The number of H-pyrrole nitrogens is 1. The van der Waals surface area contributed by atoms with E-state index in [1.54, 1.807) is 11.1 Å². The zero-order chi connectivity index (χ0) is 12.5. The van der Waals surface area contributed by atoms with Crippen LogP contribution in [0.2, 0.25) is 0 Å². The highest BCUT2D eigenvalue weighted by Gasteiger charge is 2.31. The van der Waals surface area contributed by atoms with Crippen molar-refractivity contribution in [2.45, 2.75) is 18.9 Å². The molecule has 4 heteroatoms. The number of rotatable bonds is 3. The van der Waals surface area contributed by atoms with Gasteiger partial charge in [-0.1, -0.05) is 24.3 Å². The molecule has 0 spiro atoms. The van der Waals surface area contributed by atoms with Crippen molar-refractivity contribution >= 4 is 5.91 Å². The Bertz CT molecular complexity index is 557. The Morgan fingerprint density at radius 2 is 2.17 bits per heavy atom. The molecule has 0 unspecified atom stereocenters. The maximum absolute atomic E-state index is 12.1. The number of hydrogen-bond acceptors (Lipinski definition) is 2. The monoisotopic (exact) mass is 240 g/mol. The van der Waals surface area contributed by atoms with Crippen LogP contribution in [0.25, 0.3) is 11.4 Å². The highest BCUT2D eigenvalue weighted by Crippen LogP contribution is 2.26. The molecule has 18 heavy (non-hydrogen) atoms. The highest BCUT2D eigenvalue weighted by atomic mass is 16.2. The maximum Gasteiger partial charge on any atom is 0.274 e. The molecule has 1 aliphatic carbocycles. The summed E-state index contributed by atoms with van der Waals surface area (Å²) in [5, 5.41) is 0. The molecule has 1 aromatic heterocycles. The minimum atomic E-state index is -0.0116. The van der Waals surface area contributed by atoms with Crippen molar-refractivity contribution < 1.29 is 4.79 Å². The van der Waals surface area contributed by atoms with Gasteiger partial charge in [-0.05, 0) is 18.9 Å². The SMILES string of the molecule is CN(C(=O)c1c[nH]c(-c2cc[c]cc2)n1)C1CC1. The van der Waals surface area contributed by atoms with Crippen LogP contribution in [0, 0.1) is 6.07 Å². The van der Waals surface area contributed by atoms with Crippen molar-refractivity contribution in [2.24, 2.45) is 0 Å². The maximum atomic E-state index is 12.1. The molecule has 0 atom stereocenters.